The van der Waals surface area contributed by atoms with Gasteiger partial charge in [-0.2, -0.15) is 5.10 Å². The van der Waals surface area contributed by atoms with Gasteiger partial charge in [-0.1, -0.05) is 30.3 Å². The van der Waals surface area contributed by atoms with E-state index in [0.717, 1.165) is 22.5 Å². The summed E-state index contributed by atoms with van der Waals surface area (Å²) in [4.78, 5) is 14.1. The minimum atomic E-state index is 0.119. The van der Waals surface area contributed by atoms with Crippen molar-refractivity contribution in [2.75, 3.05) is 7.05 Å². The van der Waals surface area contributed by atoms with Crippen molar-refractivity contribution in [1.82, 2.24) is 14.7 Å². The van der Waals surface area contributed by atoms with E-state index in [2.05, 4.69) is 5.10 Å². The Bertz CT molecular complexity index is 602. The standard InChI is InChI=1S/C16H21N3O/c1-12-15(13(2)19(4)17-12)10-16(20)18(3)11-14-8-6-5-7-9-14/h5-9H,10-11H2,1-4H3. The monoisotopic (exact) mass is 271 g/mol. The molecule has 0 aliphatic heterocycles. The third-order valence-corrected chi connectivity index (χ3v) is 3.68. The predicted molar refractivity (Wildman–Crippen MR) is 79.3 cm³/mol. The zero-order valence-electron chi connectivity index (χ0n) is 12.6. The van der Waals surface area contributed by atoms with Crippen LogP contribution in [0.3, 0.4) is 0 Å². The Morgan fingerprint density at radius 3 is 2.45 bits per heavy atom. The quantitative estimate of drug-likeness (QED) is 0.855. The molecule has 1 aromatic heterocycles. The van der Waals surface area contributed by atoms with E-state index in [1.165, 1.54) is 0 Å². The highest BCUT2D eigenvalue weighted by molar-refractivity contribution is 5.79. The molecule has 106 valence electrons. The van der Waals surface area contributed by atoms with E-state index in [9.17, 15) is 4.79 Å². The first-order valence-corrected chi connectivity index (χ1v) is 6.76. The normalized spacial score (nSPS) is 10.6. The molecule has 1 amide bonds. The van der Waals surface area contributed by atoms with Gasteiger partial charge >= 0.3 is 0 Å². The van der Waals surface area contributed by atoms with Gasteiger partial charge in [-0.3, -0.25) is 9.48 Å². The summed E-state index contributed by atoms with van der Waals surface area (Å²) in [5, 5.41) is 4.35. The molecule has 2 aromatic rings. The van der Waals surface area contributed by atoms with Crippen LogP contribution < -0.4 is 0 Å². The summed E-state index contributed by atoms with van der Waals surface area (Å²) in [5.41, 5.74) is 4.18. The van der Waals surface area contributed by atoms with Crippen LogP contribution in [0.1, 0.15) is 22.5 Å². The van der Waals surface area contributed by atoms with Crippen LogP contribution in [0.2, 0.25) is 0 Å². The van der Waals surface area contributed by atoms with Crippen molar-refractivity contribution in [2.45, 2.75) is 26.8 Å². The predicted octanol–water partition coefficient (Wildman–Crippen LogP) is 2.24. The number of aryl methyl sites for hydroxylation is 2. The topological polar surface area (TPSA) is 38.1 Å². The minimum absolute atomic E-state index is 0.119. The Hall–Kier alpha value is -2.10. The highest BCUT2D eigenvalue weighted by atomic mass is 16.2. The highest BCUT2D eigenvalue weighted by Gasteiger charge is 2.16. The van der Waals surface area contributed by atoms with Gasteiger partial charge < -0.3 is 4.90 Å². The maximum atomic E-state index is 12.3. The van der Waals surface area contributed by atoms with Gasteiger partial charge in [0.2, 0.25) is 5.91 Å². The Kier molecular flexibility index (Phi) is 4.23. The number of rotatable bonds is 4. The van der Waals surface area contributed by atoms with E-state index < -0.39 is 0 Å². The summed E-state index contributed by atoms with van der Waals surface area (Å²) in [5.74, 6) is 0.119. The van der Waals surface area contributed by atoms with Gasteiger partial charge in [0.25, 0.3) is 0 Å². The van der Waals surface area contributed by atoms with Crippen molar-refractivity contribution in [3.8, 4) is 0 Å². The van der Waals surface area contributed by atoms with Crippen LogP contribution in [0.5, 0.6) is 0 Å². The van der Waals surface area contributed by atoms with Crippen LogP contribution in [0.4, 0.5) is 0 Å². The molecule has 0 bridgehead atoms. The van der Waals surface area contributed by atoms with Gasteiger partial charge in [0, 0.05) is 31.9 Å². The Morgan fingerprint density at radius 1 is 1.25 bits per heavy atom. The molecule has 0 fully saturated rings. The zero-order chi connectivity index (χ0) is 14.7. The lowest BCUT2D eigenvalue weighted by molar-refractivity contribution is -0.129. The zero-order valence-corrected chi connectivity index (χ0v) is 12.6. The van der Waals surface area contributed by atoms with E-state index in [4.69, 9.17) is 0 Å². The van der Waals surface area contributed by atoms with Crippen LogP contribution in [-0.2, 0) is 24.8 Å². The van der Waals surface area contributed by atoms with Crippen LogP contribution in [0, 0.1) is 13.8 Å². The summed E-state index contributed by atoms with van der Waals surface area (Å²) < 4.78 is 1.83. The van der Waals surface area contributed by atoms with Crippen LogP contribution in [0.15, 0.2) is 30.3 Å². The maximum Gasteiger partial charge on any atom is 0.227 e. The molecule has 20 heavy (non-hydrogen) atoms. The first-order valence-electron chi connectivity index (χ1n) is 6.76. The van der Waals surface area contributed by atoms with Crippen molar-refractivity contribution < 1.29 is 4.79 Å². The smallest absolute Gasteiger partial charge is 0.227 e. The van der Waals surface area contributed by atoms with E-state index in [0.29, 0.717) is 13.0 Å². The van der Waals surface area contributed by atoms with Crippen LogP contribution >= 0.6 is 0 Å². The molecule has 0 saturated carbocycles. The SMILES string of the molecule is Cc1nn(C)c(C)c1CC(=O)N(C)Cc1ccccc1. The van der Waals surface area contributed by atoms with Gasteiger partial charge in [0.05, 0.1) is 12.1 Å². The maximum absolute atomic E-state index is 12.3. The van der Waals surface area contributed by atoms with Crippen molar-refractivity contribution >= 4 is 5.91 Å². The number of likely N-dealkylation sites (N-methyl/N-ethyl adjacent to an activating group) is 1. The average Bonchev–Trinajstić information content (AvgIpc) is 2.66. The average molecular weight is 271 g/mol. The van der Waals surface area contributed by atoms with Crippen LogP contribution in [-0.4, -0.2) is 27.6 Å². The molecule has 0 saturated heterocycles. The number of nitrogens with zero attached hydrogens (tertiary/aromatic N) is 3. The molecule has 4 nitrogen and oxygen atoms in total. The lowest BCUT2D eigenvalue weighted by Crippen LogP contribution is -2.28. The molecule has 0 N–H and O–H groups in total. The number of aromatic nitrogens is 2. The van der Waals surface area contributed by atoms with Crippen molar-refractivity contribution in [1.29, 1.82) is 0 Å². The fourth-order valence-corrected chi connectivity index (χ4v) is 2.30. The first-order chi connectivity index (χ1) is 9.49. The number of carbonyl (C=O) groups is 1. The summed E-state index contributed by atoms with van der Waals surface area (Å²) in [6.45, 7) is 4.59. The lowest BCUT2D eigenvalue weighted by atomic mass is 10.1. The van der Waals surface area contributed by atoms with Crippen LogP contribution in [0.25, 0.3) is 0 Å². The van der Waals surface area contributed by atoms with Gasteiger partial charge in [-0.05, 0) is 19.4 Å². The number of benzene rings is 1. The molecule has 0 aliphatic rings. The molecule has 0 atom stereocenters. The molecular formula is C16H21N3O. The number of carbonyl (C=O) groups excluding carboxylic acids is 1. The second kappa shape index (κ2) is 5.90. The van der Waals surface area contributed by atoms with Gasteiger partial charge in [0.1, 0.15) is 0 Å². The fourth-order valence-electron chi connectivity index (χ4n) is 2.30. The molecule has 1 aromatic carbocycles. The Morgan fingerprint density at radius 2 is 1.90 bits per heavy atom. The third-order valence-electron chi connectivity index (χ3n) is 3.68. The Labute approximate surface area is 120 Å². The number of hydrogen-bond acceptors (Lipinski definition) is 2. The molecule has 4 heteroatoms. The summed E-state index contributed by atoms with van der Waals surface area (Å²) >= 11 is 0. The van der Waals surface area contributed by atoms with Crippen molar-refractivity contribution in [2.24, 2.45) is 7.05 Å². The van der Waals surface area contributed by atoms with Gasteiger partial charge in [-0.25, -0.2) is 0 Å². The van der Waals surface area contributed by atoms with Crippen molar-refractivity contribution in [3.63, 3.8) is 0 Å². The second-order valence-electron chi connectivity index (χ2n) is 5.19. The van der Waals surface area contributed by atoms with E-state index in [-0.39, 0.29) is 5.91 Å². The number of hydrogen-bond donors (Lipinski definition) is 0. The first kappa shape index (κ1) is 14.3. The minimum Gasteiger partial charge on any atom is -0.341 e. The highest BCUT2D eigenvalue weighted by Crippen LogP contribution is 2.14. The molecule has 1 heterocycles. The van der Waals surface area contributed by atoms with E-state index >= 15 is 0 Å². The Balaban J connectivity index is 2.04. The third kappa shape index (κ3) is 3.07. The lowest BCUT2D eigenvalue weighted by Gasteiger charge is -2.17. The largest absolute Gasteiger partial charge is 0.341 e. The van der Waals surface area contributed by atoms with E-state index in [1.807, 2.05) is 63.0 Å². The molecule has 0 aliphatic carbocycles. The summed E-state index contributed by atoms with van der Waals surface area (Å²) in [7, 11) is 3.75. The molecular weight excluding hydrogens is 250 g/mol. The molecule has 0 spiro atoms. The fraction of sp³-hybridized carbons (Fsp3) is 0.375. The van der Waals surface area contributed by atoms with E-state index in [1.54, 1.807) is 4.90 Å². The second-order valence-corrected chi connectivity index (χ2v) is 5.19. The molecule has 0 unspecified atom stereocenters. The molecule has 2 rings (SSSR count). The molecule has 0 radical (unpaired) electrons. The summed E-state index contributed by atoms with van der Waals surface area (Å²) in [6, 6.07) is 10.0. The van der Waals surface area contributed by atoms with Crippen molar-refractivity contribution in [3.05, 3.63) is 52.8 Å². The van der Waals surface area contributed by atoms with Gasteiger partial charge in [0.15, 0.2) is 0 Å². The number of amides is 1. The van der Waals surface area contributed by atoms with Gasteiger partial charge in [-0.15, -0.1) is 0 Å². The summed E-state index contributed by atoms with van der Waals surface area (Å²) in [6.07, 6.45) is 0.412.